The molecule has 0 aliphatic carbocycles. The number of nitro benzene ring substituents is 1. The van der Waals surface area contributed by atoms with Crippen LogP contribution >= 0.6 is 0 Å². The van der Waals surface area contributed by atoms with Gasteiger partial charge >= 0.3 is 0 Å². The Kier molecular flexibility index (Phi) is 7.39. The van der Waals surface area contributed by atoms with Gasteiger partial charge in [-0.2, -0.15) is 5.10 Å². The molecule has 0 bridgehead atoms. The molecule has 0 N–H and O–H groups in total. The standard InChI is InChI=1S/C25H27N5O5/c1-35-23-10-3-19(4-11-23)5-12-24(31)27-13-2-14-28(16-15-27)25(32)20-17-26-29(18-20)21-6-8-22(9-7-21)30(33)34/h3-4,6-11,17-18H,2,5,12-16H2,1H3. The Morgan fingerprint density at radius 1 is 1.00 bits per heavy atom. The second-order valence-electron chi connectivity index (χ2n) is 8.32. The number of carbonyl (C=O) groups excluding carboxylic acids is 2. The van der Waals surface area contributed by atoms with Crippen LogP contribution in [0.5, 0.6) is 5.75 Å². The Hall–Kier alpha value is -4.21. The predicted octanol–water partition coefficient (Wildman–Crippen LogP) is 3.10. The van der Waals surface area contributed by atoms with Crippen LogP contribution in [0.15, 0.2) is 60.9 Å². The summed E-state index contributed by atoms with van der Waals surface area (Å²) < 4.78 is 6.68. The number of hydrogen-bond acceptors (Lipinski definition) is 6. The van der Waals surface area contributed by atoms with Crippen LogP contribution in [0.1, 0.15) is 28.8 Å². The Labute approximate surface area is 202 Å². The van der Waals surface area contributed by atoms with E-state index in [0.717, 1.165) is 11.3 Å². The van der Waals surface area contributed by atoms with Crippen LogP contribution in [0, 0.1) is 10.1 Å². The number of carbonyl (C=O) groups is 2. The highest BCUT2D eigenvalue weighted by molar-refractivity contribution is 5.94. The molecular weight excluding hydrogens is 450 g/mol. The Bertz CT molecular complexity index is 1190. The average Bonchev–Trinajstić information content (AvgIpc) is 3.25. The van der Waals surface area contributed by atoms with E-state index in [9.17, 15) is 19.7 Å². The summed E-state index contributed by atoms with van der Waals surface area (Å²) in [5.74, 6) is 0.724. The van der Waals surface area contributed by atoms with Crippen molar-refractivity contribution in [1.29, 1.82) is 0 Å². The molecule has 1 fully saturated rings. The highest BCUT2D eigenvalue weighted by Crippen LogP contribution is 2.17. The summed E-state index contributed by atoms with van der Waals surface area (Å²) in [4.78, 5) is 39.8. The van der Waals surface area contributed by atoms with E-state index in [1.165, 1.54) is 23.0 Å². The lowest BCUT2D eigenvalue weighted by atomic mass is 10.1. The third-order valence-corrected chi connectivity index (χ3v) is 6.08. The van der Waals surface area contributed by atoms with Crippen molar-refractivity contribution in [3.63, 3.8) is 0 Å². The summed E-state index contributed by atoms with van der Waals surface area (Å²) in [5.41, 5.74) is 2.13. The third kappa shape index (κ3) is 5.84. The van der Waals surface area contributed by atoms with E-state index in [1.54, 1.807) is 30.3 Å². The maximum absolute atomic E-state index is 13.0. The number of benzene rings is 2. The quantitative estimate of drug-likeness (QED) is 0.382. The Morgan fingerprint density at radius 3 is 2.37 bits per heavy atom. The number of ether oxygens (including phenoxy) is 1. The molecule has 0 radical (unpaired) electrons. The average molecular weight is 478 g/mol. The molecule has 3 aromatic rings. The zero-order valence-electron chi connectivity index (χ0n) is 19.5. The highest BCUT2D eigenvalue weighted by Gasteiger charge is 2.23. The Balaban J connectivity index is 1.31. The van der Waals surface area contributed by atoms with E-state index in [2.05, 4.69) is 5.10 Å². The van der Waals surface area contributed by atoms with E-state index < -0.39 is 4.92 Å². The van der Waals surface area contributed by atoms with Crippen LogP contribution in [-0.4, -0.2) is 69.6 Å². The fourth-order valence-corrected chi connectivity index (χ4v) is 4.06. The summed E-state index contributed by atoms with van der Waals surface area (Å²) in [6.07, 6.45) is 4.89. The molecule has 0 saturated carbocycles. The van der Waals surface area contributed by atoms with E-state index in [-0.39, 0.29) is 17.5 Å². The van der Waals surface area contributed by atoms with Gasteiger partial charge in [-0.15, -0.1) is 0 Å². The second-order valence-corrected chi connectivity index (χ2v) is 8.32. The normalized spacial score (nSPS) is 13.9. The number of hydrogen-bond donors (Lipinski definition) is 0. The monoisotopic (exact) mass is 477 g/mol. The van der Waals surface area contributed by atoms with Gasteiger partial charge in [0.15, 0.2) is 0 Å². The van der Waals surface area contributed by atoms with Gasteiger partial charge in [-0.25, -0.2) is 4.68 Å². The van der Waals surface area contributed by atoms with Crippen LogP contribution < -0.4 is 4.74 Å². The molecule has 35 heavy (non-hydrogen) atoms. The SMILES string of the molecule is COc1ccc(CCC(=O)N2CCCN(C(=O)c3cnn(-c4ccc([N+](=O)[O-])cc4)c3)CC2)cc1. The molecule has 10 heteroatoms. The summed E-state index contributed by atoms with van der Waals surface area (Å²) in [6, 6.07) is 13.7. The molecule has 2 aromatic carbocycles. The fourth-order valence-electron chi connectivity index (χ4n) is 4.06. The van der Waals surface area contributed by atoms with Gasteiger partial charge < -0.3 is 14.5 Å². The molecule has 0 spiro atoms. The molecule has 1 aliphatic heterocycles. The first-order chi connectivity index (χ1) is 16.9. The van der Waals surface area contributed by atoms with Gasteiger partial charge in [0.25, 0.3) is 11.6 Å². The minimum absolute atomic E-state index is 0.00938. The first-order valence-corrected chi connectivity index (χ1v) is 11.4. The van der Waals surface area contributed by atoms with Crippen LogP contribution in [0.4, 0.5) is 5.69 Å². The first kappa shape index (κ1) is 23.9. The summed E-state index contributed by atoms with van der Waals surface area (Å²) in [6.45, 7) is 2.12. The summed E-state index contributed by atoms with van der Waals surface area (Å²) >= 11 is 0. The Morgan fingerprint density at radius 2 is 1.69 bits per heavy atom. The number of amides is 2. The van der Waals surface area contributed by atoms with Crippen molar-refractivity contribution in [3.05, 3.63) is 82.2 Å². The lowest BCUT2D eigenvalue weighted by Crippen LogP contribution is -2.37. The van der Waals surface area contributed by atoms with Gasteiger partial charge in [-0.3, -0.25) is 19.7 Å². The lowest BCUT2D eigenvalue weighted by Gasteiger charge is -2.22. The van der Waals surface area contributed by atoms with Crippen molar-refractivity contribution >= 4 is 17.5 Å². The van der Waals surface area contributed by atoms with E-state index in [1.807, 2.05) is 29.2 Å². The van der Waals surface area contributed by atoms with Crippen molar-refractivity contribution in [1.82, 2.24) is 19.6 Å². The number of aromatic nitrogens is 2. The van der Waals surface area contributed by atoms with Crippen LogP contribution in [-0.2, 0) is 11.2 Å². The van der Waals surface area contributed by atoms with Gasteiger partial charge in [0.1, 0.15) is 5.75 Å². The van der Waals surface area contributed by atoms with Crippen molar-refractivity contribution in [2.45, 2.75) is 19.3 Å². The minimum atomic E-state index is -0.464. The number of rotatable bonds is 7. The van der Waals surface area contributed by atoms with Crippen molar-refractivity contribution < 1.29 is 19.2 Å². The number of methoxy groups -OCH3 is 1. The van der Waals surface area contributed by atoms with Gasteiger partial charge in [0.05, 0.1) is 29.5 Å². The third-order valence-electron chi connectivity index (χ3n) is 6.08. The number of nitrogens with zero attached hydrogens (tertiary/aromatic N) is 5. The van der Waals surface area contributed by atoms with Gasteiger partial charge in [-0.05, 0) is 42.7 Å². The molecule has 182 valence electrons. The van der Waals surface area contributed by atoms with E-state index in [0.29, 0.717) is 56.7 Å². The van der Waals surface area contributed by atoms with Crippen LogP contribution in [0.2, 0.25) is 0 Å². The zero-order chi connectivity index (χ0) is 24.8. The summed E-state index contributed by atoms with van der Waals surface area (Å²) in [7, 11) is 1.62. The number of aryl methyl sites for hydroxylation is 1. The van der Waals surface area contributed by atoms with E-state index >= 15 is 0 Å². The van der Waals surface area contributed by atoms with Gasteiger partial charge in [0, 0.05) is 50.9 Å². The van der Waals surface area contributed by atoms with Crippen molar-refractivity contribution in [2.24, 2.45) is 0 Å². The molecule has 0 unspecified atom stereocenters. The van der Waals surface area contributed by atoms with Gasteiger partial charge in [-0.1, -0.05) is 12.1 Å². The summed E-state index contributed by atoms with van der Waals surface area (Å²) in [5, 5.41) is 15.1. The maximum atomic E-state index is 13.0. The smallest absolute Gasteiger partial charge is 0.269 e. The topological polar surface area (TPSA) is 111 Å². The highest BCUT2D eigenvalue weighted by atomic mass is 16.6. The van der Waals surface area contributed by atoms with Crippen LogP contribution in [0.3, 0.4) is 0 Å². The first-order valence-electron chi connectivity index (χ1n) is 11.4. The maximum Gasteiger partial charge on any atom is 0.269 e. The molecule has 1 aromatic heterocycles. The minimum Gasteiger partial charge on any atom is -0.497 e. The van der Waals surface area contributed by atoms with E-state index in [4.69, 9.17) is 4.74 Å². The molecule has 2 heterocycles. The molecule has 1 aliphatic rings. The molecule has 1 saturated heterocycles. The number of nitro groups is 1. The van der Waals surface area contributed by atoms with Crippen molar-refractivity contribution in [2.75, 3.05) is 33.3 Å². The van der Waals surface area contributed by atoms with Crippen molar-refractivity contribution in [3.8, 4) is 11.4 Å². The molecule has 10 nitrogen and oxygen atoms in total. The molecule has 4 rings (SSSR count). The number of non-ortho nitro benzene ring substituents is 1. The van der Waals surface area contributed by atoms with Crippen LogP contribution in [0.25, 0.3) is 5.69 Å². The largest absolute Gasteiger partial charge is 0.497 e. The fraction of sp³-hybridized carbons (Fsp3) is 0.320. The lowest BCUT2D eigenvalue weighted by molar-refractivity contribution is -0.384. The molecule has 0 atom stereocenters. The van der Waals surface area contributed by atoms with Gasteiger partial charge in [0.2, 0.25) is 5.91 Å². The zero-order valence-corrected chi connectivity index (χ0v) is 19.5. The molecular formula is C25H27N5O5. The predicted molar refractivity (Wildman–Crippen MR) is 129 cm³/mol. The second kappa shape index (κ2) is 10.8. The molecule has 2 amide bonds.